The smallest absolute Gasteiger partial charge is 0.227 e. The maximum Gasteiger partial charge on any atom is 0.227 e. The predicted octanol–water partition coefficient (Wildman–Crippen LogP) is 4.38. The quantitative estimate of drug-likeness (QED) is 0.404. The van der Waals surface area contributed by atoms with Crippen molar-refractivity contribution < 1.29 is 9.15 Å². The third-order valence-electron chi connectivity index (χ3n) is 4.68. The molecular formula is C24H16N6O2. The van der Waals surface area contributed by atoms with Crippen LogP contribution in [0.2, 0.25) is 0 Å². The standard InChI is InChI=1S/C24H16N6O2/c1-2-17-6-19-11-28-24(29-20-5-3-4-18(7-20)23-12-27-15-32-23)30-21(19)8-22(17)31-13-16-9-25-14-26-10-16/h1,3-12,14-15H,13H2,(H,28,29,30). The first-order chi connectivity index (χ1) is 15.8. The maximum atomic E-state index is 5.92. The number of terminal acetylenes is 1. The lowest BCUT2D eigenvalue weighted by Crippen LogP contribution is -2.00. The van der Waals surface area contributed by atoms with Gasteiger partial charge in [-0.25, -0.2) is 24.9 Å². The fourth-order valence-electron chi connectivity index (χ4n) is 3.16. The highest BCUT2D eigenvalue weighted by Crippen LogP contribution is 2.27. The van der Waals surface area contributed by atoms with Gasteiger partial charge >= 0.3 is 0 Å². The average Bonchev–Trinajstić information content (AvgIpc) is 3.38. The molecule has 0 radical (unpaired) electrons. The molecule has 0 fully saturated rings. The van der Waals surface area contributed by atoms with Crippen molar-refractivity contribution in [2.45, 2.75) is 6.61 Å². The lowest BCUT2D eigenvalue weighted by molar-refractivity contribution is 0.305. The van der Waals surface area contributed by atoms with Gasteiger partial charge in [-0.15, -0.1) is 6.42 Å². The van der Waals surface area contributed by atoms with Gasteiger partial charge in [-0.1, -0.05) is 18.1 Å². The summed E-state index contributed by atoms with van der Waals surface area (Å²) in [5, 5.41) is 4.04. The van der Waals surface area contributed by atoms with Gasteiger partial charge in [0, 0.05) is 46.9 Å². The molecule has 3 aromatic heterocycles. The molecule has 3 heterocycles. The Morgan fingerprint density at radius 2 is 1.94 bits per heavy atom. The summed E-state index contributed by atoms with van der Waals surface area (Å²) >= 11 is 0. The minimum absolute atomic E-state index is 0.297. The molecule has 0 atom stereocenters. The van der Waals surface area contributed by atoms with E-state index in [4.69, 9.17) is 15.6 Å². The van der Waals surface area contributed by atoms with Crippen LogP contribution < -0.4 is 10.1 Å². The molecule has 0 saturated heterocycles. The number of anilines is 2. The van der Waals surface area contributed by atoms with Crippen LogP contribution in [0.1, 0.15) is 11.1 Å². The molecule has 1 N–H and O–H groups in total. The molecule has 0 amide bonds. The monoisotopic (exact) mass is 420 g/mol. The topological polar surface area (TPSA) is 98.9 Å². The molecule has 5 aromatic rings. The van der Waals surface area contributed by atoms with Gasteiger partial charge in [0.25, 0.3) is 0 Å². The molecular weight excluding hydrogens is 404 g/mol. The van der Waals surface area contributed by atoms with Gasteiger partial charge in [-0.3, -0.25) is 0 Å². The highest BCUT2D eigenvalue weighted by molar-refractivity contribution is 5.83. The van der Waals surface area contributed by atoms with E-state index in [0.29, 0.717) is 35.1 Å². The third-order valence-corrected chi connectivity index (χ3v) is 4.68. The van der Waals surface area contributed by atoms with Crippen LogP contribution in [0.4, 0.5) is 11.6 Å². The van der Waals surface area contributed by atoms with E-state index in [1.807, 2.05) is 36.4 Å². The van der Waals surface area contributed by atoms with Gasteiger partial charge in [0.15, 0.2) is 12.2 Å². The third kappa shape index (κ3) is 4.08. The van der Waals surface area contributed by atoms with E-state index < -0.39 is 0 Å². The fourth-order valence-corrected chi connectivity index (χ4v) is 3.16. The zero-order chi connectivity index (χ0) is 21.8. The van der Waals surface area contributed by atoms with Crippen LogP contribution in [0, 0.1) is 12.3 Å². The number of fused-ring (bicyclic) bond motifs is 1. The van der Waals surface area contributed by atoms with E-state index in [-0.39, 0.29) is 0 Å². The first kappa shape index (κ1) is 19.2. The molecule has 8 nitrogen and oxygen atoms in total. The number of nitrogens with zero attached hydrogens (tertiary/aromatic N) is 5. The molecule has 0 aliphatic carbocycles. The molecule has 0 unspecified atom stereocenters. The Labute approximate surface area is 183 Å². The van der Waals surface area contributed by atoms with Gasteiger partial charge < -0.3 is 14.5 Å². The minimum Gasteiger partial charge on any atom is -0.487 e. The van der Waals surface area contributed by atoms with Crippen molar-refractivity contribution in [2.24, 2.45) is 0 Å². The second kappa shape index (κ2) is 8.53. The summed E-state index contributed by atoms with van der Waals surface area (Å²) in [7, 11) is 0. The Morgan fingerprint density at radius 1 is 1.03 bits per heavy atom. The normalized spacial score (nSPS) is 10.6. The molecule has 5 rings (SSSR count). The first-order valence-corrected chi connectivity index (χ1v) is 9.68. The molecule has 32 heavy (non-hydrogen) atoms. The van der Waals surface area contributed by atoms with Crippen LogP contribution in [0.25, 0.3) is 22.2 Å². The average molecular weight is 420 g/mol. The second-order valence-electron chi connectivity index (χ2n) is 6.85. The largest absolute Gasteiger partial charge is 0.487 e. The number of nitrogens with one attached hydrogen (secondary N) is 1. The molecule has 0 aliphatic rings. The van der Waals surface area contributed by atoms with E-state index >= 15 is 0 Å². The van der Waals surface area contributed by atoms with E-state index in [1.54, 1.807) is 24.8 Å². The Bertz CT molecular complexity index is 1410. The zero-order valence-corrected chi connectivity index (χ0v) is 16.8. The van der Waals surface area contributed by atoms with Crippen molar-refractivity contribution >= 4 is 22.5 Å². The molecule has 0 bridgehead atoms. The molecule has 2 aromatic carbocycles. The summed E-state index contributed by atoms with van der Waals surface area (Å²) in [4.78, 5) is 21.0. The Morgan fingerprint density at radius 3 is 2.75 bits per heavy atom. The minimum atomic E-state index is 0.297. The van der Waals surface area contributed by atoms with Crippen LogP contribution in [-0.4, -0.2) is 24.9 Å². The second-order valence-corrected chi connectivity index (χ2v) is 6.85. The van der Waals surface area contributed by atoms with Crippen LogP contribution >= 0.6 is 0 Å². The van der Waals surface area contributed by atoms with Crippen molar-refractivity contribution in [3.05, 3.63) is 85.0 Å². The highest BCUT2D eigenvalue weighted by Gasteiger charge is 2.09. The van der Waals surface area contributed by atoms with Crippen LogP contribution in [0.5, 0.6) is 5.75 Å². The van der Waals surface area contributed by atoms with Gasteiger partial charge in [-0.2, -0.15) is 0 Å². The summed E-state index contributed by atoms with van der Waals surface area (Å²) in [5.41, 5.74) is 3.88. The van der Waals surface area contributed by atoms with Crippen molar-refractivity contribution in [2.75, 3.05) is 5.32 Å². The summed E-state index contributed by atoms with van der Waals surface area (Å²) < 4.78 is 11.3. The number of oxazole rings is 1. The predicted molar refractivity (Wildman–Crippen MR) is 119 cm³/mol. The van der Waals surface area contributed by atoms with Crippen LogP contribution in [0.3, 0.4) is 0 Å². The molecule has 0 saturated carbocycles. The van der Waals surface area contributed by atoms with Gasteiger partial charge in [0.2, 0.25) is 5.95 Å². The maximum absolute atomic E-state index is 5.92. The first-order valence-electron chi connectivity index (χ1n) is 9.68. The van der Waals surface area contributed by atoms with Crippen molar-refractivity contribution in [3.8, 4) is 29.4 Å². The Balaban J connectivity index is 1.42. The van der Waals surface area contributed by atoms with Gasteiger partial charge in [0.1, 0.15) is 18.7 Å². The van der Waals surface area contributed by atoms with E-state index in [2.05, 4.69) is 36.2 Å². The number of benzene rings is 2. The van der Waals surface area contributed by atoms with Crippen LogP contribution in [0.15, 0.2) is 78.3 Å². The Kier molecular flexibility index (Phi) is 5.12. The summed E-state index contributed by atoms with van der Waals surface area (Å²) in [6.45, 7) is 0.297. The number of rotatable bonds is 6. The van der Waals surface area contributed by atoms with Gasteiger partial charge in [-0.05, 0) is 18.2 Å². The Hall–Kier alpha value is -4.77. The zero-order valence-electron chi connectivity index (χ0n) is 16.8. The molecule has 0 spiro atoms. The van der Waals surface area contributed by atoms with Crippen molar-refractivity contribution in [1.29, 1.82) is 0 Å². The molecule has 0 aliphatic heterocycles. The molecule has 154 valence electrons. The lowest BCUT2D eigenvalue weighted by atomic mass is 10.1. The van der Waals surface area contributed by atoms with Crippen LogP contribution in [-0.2, 0) is 6.61 Å². The summed E-state index contributed by atoms with van der Waals surface area (Å²) in [6.07, 6.45) is 15.3. The fraction of sp³-hybridized carbons (Fsp3) is 0.0417. The number of hydrogen-bond donors (Lipinski definition) is 1. The van der Waals surface area contributed by atoms with Crippen molar-refractivity contribution in [1.82, 2.24) is 24.9 Å². The number of ether oxygens (including phenoxy) is 1. The summed E-state index contributed by atoms with van der Waals surface area (Å²) in [5.74, 6) is 4.34. The number of hydrogen-bond acceptors (Lipinski definition) is 8. The summed E-state index contributed by atoms with van der Waals surface area (Å²) in [6, 6.07) is 11.4. The van der Waals surface area contributed by atoms with E-state index in [1.165, 1.54) is 12.7 Å². The van der Waals surface area contributed by atoms with Crippen molar-refractivity contribution in [3.63, 3.8) is 0 Å². The van der Waals surface area contributed by atoms with E-state index in [9.17, 15) is 0 Å². The molecule has 8 heteroatoms. The lowest BCUT2D eigenvalue weighted by Gasteiger charge is -2.11. The SMILES string of the molecule is C#Cc1cc2cnc(Nc3cccc(-c4cnco4)c3)nc2cc1OCc1cncnc1. The highest BCUT2D eigenvalue weighted by atomic mass is 16.5. The van der Waals surface area contributed by atoms with E-state index in [0.717, 1.165) is 22.2 Å². The van der Waals surface area contributed by atoms with Gasteiger partial charge in [0.05, 0.1) is 17.3 Å². The number of aromatic nitrogens is 5.